The second kappa shape index (κ2) is 4.95. The Labute approximate surface area is 118 Å². The Kier molecular flexibility index (Phi) is 3.74. The van der Waals surface area contributed by atoms with E-state index in [9.17, 15) is 5.11 Å². The summed E-state index contributed by atoms with van der Waals surface area (Å²) in [7, 11) is 0. The summed E-state index contributed by atoms with van der Waals surface area (Å²) in [5.74, 6) is 0.0108. The van der Waals surface area contributed by atoms with E-state index in [0.29, 0.717) is 20.6 Å². The normalized spacial score (nSPS) is 10.6. The molecule has 0 saturated carbocycles. The van der Waals surface area contributed by atoms with E-state index in [1.54, 1.807) is 24.3 Å². The Balaban J connectivity index is 2.64. The molecule has 2 aromatic rings. The van der Waals surface area contributed by atoms with Crippen LogP contribution in [-0.4, -0.2) is 5.11 Å². The number of aromatic hydroxyl groups is 1. The molecule has 1 N–H and O–H groups in total. The Morgan fingerprint density at radius 2 is 1.35 bits per heavy atom. The van der Waals surface area contributed by atoms with Crippen LogP contribution in [0.15, 0.2) is 30.3 Å². The molecule has 0 saturated heterocycles. The van der Waals surface area contributed by atoms with Crippen molar-refractivity contribution in [2.75, 3.05) is 0 Å². The molecule has 88 valence electrons. The molecule has 0 aliphatic carbocycles. The minimum Gasteiger partial charge on any atom is -0.506 e. The largest absolute Gasteiger partial charge is 0.506 e. The molecular weight excluding hydrogens is 302 g/mol. The van der Waals surface area contributed by atoms with Crippen LogP contribution in [0.25, 0.3) is 11.1 Å². The lowest BCUT2D eigenvalue weighted by Gasteiger charge is -2.09. The Hall–Kier alpha value is -0.600. The van der Waals surface area contributed by atoms with Crippen LogP contribution in [0.4, 0.5) is 0 Å². The molecule has 0 fully saturated rings. The molecule has 0 aromatic heterocycles. The van der Waals surface area contributed by atoms with Crippen LogP contribution in [-0.2, 0) is 0 Å². The first kappa shape index (κ1) is 12.8. The number of benzene rings is 2. The molecule has 2 aromatic carbocycles. The third-order valence-corrected chi connectivity index (χ3v) is 3.36. The molecule has 0 amide bonds. The van der Waals surface area contributed by atoms with E-state index < -0.39 is 0 Å². The highest BCUT2D eigenvalue weighted by atomic mass is 35.5. The minimum atomic E-state index is 0.0108. The summed E-state index contributed by atoms with van der Waals surface area (Å²) in [5.41, 5.74) is 1.36. The smallest absolute Gasteiger partial charge is 0.134 e. The van der Waals surface area contributed by atoms with Gasteiger partial charge in [-0.2, -0.15) is 0 Å². The lowest BCUT2D eigenvalue weighted by molar-refractivity contribution is 0.475. The van der Waals surface area contributed by atoms with Crippen molar-refractivity contribution in [3.63, 3.8) is 0 Å². The molecule has 0 radical (unpaired) electrons. The number of hydrogen-bond acceptors (Lipinski definition) is 1. The van der Waals surface area contributed by atoms with Gasteiger partial charge in [-0.15, -0.1) is 0 Å². The fourth-order valence-corrected chi connectivity index (χ4v) is 2.70. The predicted molar refractivity (Wildman–Crippen MR) is 73.6 cm³/mol. The fraction of sp³-hybridized carbons (Fsp3) is 0. The summed E-state index contributed by atoms with van der Waals surface area (Å²) in [5, 5.41) is 10.9. The SMILES string of the molecule is Oc1ccc(-c2c(Cl)cc(Cl)cc2Cl)cc1Cl. The maximum atomic E-state index is 9.35. The predicted octanol–water partition coefficient (Wildman–Crippen LogP) is 5.67. The van der Waals surface area contributed by atoms with E-state index >= 15 is 0 Å². The van der Waals surface area contributed by atoms with Gasteiger partial charge < -0.3 is 5.11 Å². The van der Waals surface area contributed by atoms with Crippen LogP contribution in [0, 0.1) is 0 Å². The van der Waals surface area contributed by atoms with Gasteiger partial charge >= 0.3 is 0 Å². The summed E-state index contributed by atoms with van der Waals surface area (Å²) in [4.78, 5) is 0. The van der Waals surface area contributed by atoms with Gasteiger partial charge in [0, 0.05) is 10.6 Å². The lowest BCUT2D eigenvalue weighted by atomic mass is 10.1. The van der Waals surface area contributed by atoms with Crippen LogP contribution in [0.2, 0.25) is 20.1 Å². The zero-order valence-electron chi connectivity index (χ0n) is 8.35. The van der Waals surface area contributed by atoms with Gasteiger partial charge in [0.15, 0.2) is 0 Å². The summed E-state index contributed by atoms with van der Waals surface area (Å²) in [6, 6.07) is 7.97. The zero-order valence-corrected chi connectivity index (χ0v) is 11.4. The molecule has 0 atom stereocenters. The van der Waals surface area contributed by atoms with Crippen molar-refractivity contribution < 1.29 is 5.11 Å². The molecule has 0 unspecified atom stereocenters. The number of rotatable bonds is 1. The van der Waals surface area contributed by atoms with Gasteiger partial charge in [-0.05, 0) is 29.8 Å². The Morgan fingerprint density at radius 1 is 0.765 bits per heavy atom. The molecule has 2 rings (SSSR count). The Bertz CT molecular complexity index is 558. The molecule has 0 aliphatic rings. The van der Waals surface area contributed by atoms with E-state index in [-0.39, 0.29) is 10.8 Å². The molecular formula is C12H6Cl4O. The quantitative estimate of drug-likeness (QED) is 0.719. The van der Waals surface area contributed by atoms with Gasteiger partial charge in [0.2, 0.25) is 0 Å². The van der Waals surface area contributed by atoms with Gasteiger partial charge in [0.1, 0.15) is 5.75 Å². The first-order chi connectivity index (χ1) is 7.99. The van der Waals surface area contributed by atoms with Gasteiger partial charge in [-0.25, -0.2) is 0 Å². The summed E-state index contributed by atoms with van der Waals surface area (Å²) < 4.78 is 0. The van der Waals surface area contributed by atoms with Crippen LogP contribution in [0.5, 0.6) is 5.75 Å². The molecule has 5 heteroatoms. The second-order valence-corrected chi connectivity index (χ2v) is 5.07. The molecule has 0 aliphatic heterocycles. The molecule has 1 nitrogen and oxygen atoms in total. The third kappa shape index (κ3) is 2.63. The van der Waals surface area contributed by atoms with E-state index in [4.69, 9.17) is 46.4 Å². The van der Waals surface area contributed by atoms with Crippen molar-refractivity contribution in [2.45, 2.75) is 0 Å². The van der Waals surface area contributed by atoms with E-state index in [1.165, 1.54) is 6.07 Å². The van der Waals surface area contributed by atoms with Gasteiger partial charge in [0.25, 0.3) is 0 Å². The van der Waals surface area contributed by atoms with Crippen LogP contribution >= 0.6 is 46.4 Å². The van der Waals surface area contributed by atoms with Crippen LogP contribution in [0.3, 0.4) is 0 Å². The Morgan fingerprint density at radius 3 is 1.88 bits per heavy atom. The summed E-state index contributed by atoms with van der Waals surface area (Å²) >= 11 is 23.8. The maximum Gasteiger partial charge on any atom is 0.134 e. The summed E-state index contributed by atoms with van der Waals surface area (Å²) in [6.07, 6.45) is 0. The van der Waals surface area contributed by atoms with Crippen molar-refractivity contribution in [1.82, 2.24) is 0 Å². The van der Waals surface area contributed by atoms with E-state index in [1.807, 2.05) is 0 Å². The topological polar surface area (TPSA) is 20.2 Å². The van der Waals surface area contributed by atoms with Crippen molar-refractivity contribution in [2.24, 2.45) is 0 Å². The molecule has 0 heterocycles. The number of phenols is 1. The summed E-state index contributed by atoms with van der Waals surface area (Å²) in [6.45, 7) is 0. The lowest BCUT2D eigenvalue weighted by Crippen LogP contribution is -1.83. The maximum absolute atomic E-state index is 9.35. The van der Waals surface area contributed by atoms with E-state index in [0.717, 1.165) is 5.56 Å². The number of hydrogen-bond donors (Lipinski definition) is 1. The molecule has 0 spiro atoms. The average Bonchev–Trinajstić information content (AvgIpc) is 2.21. The average molecular weight is 308 g/mol. The monoisotopic (exact) mass is 306 g/mol. The minimum absolute atomic E-state index is 0.0108. The highest BCUT2D eigenvalue weighted by Gasteiger charge is 2.11. The number of halogens is 4. The molecule has 0 bridgehead atoms. The molecule has 17 heavy (non-hydrogen) atoms. The van der Waals surface area contributed by atoms with Gasteiger partial charge in [-0.1, -0.05) is 52.5 Å². The standard InChI is InChI=1S/C12H6Cl4O/c13-7-4-9(15)12(10(16)5-7)6-1-2-11(17)8(14)3-6/h1-5,17H. The first-order valence-corrected chi connectivity index (χ1v) is 6.13. The van der Waals surface area contributed by atoms with Crippen LogP contribution < -0.4 is 0 Å². The zero-order chi connectivity index (χ0) is 12.6. The van der Waals surface area contributed by atoms with Crippen molar-refractivity contribution in [1.29, 1.82) is 0 Å². The van der Waals surface area contributed by atoms with E-state index in [2.05, 4.69) is 0 Å². The third-order valence-electron chi connectivity index (χ3n) is 2.24. The number of phenolic OH excluding ortho intramolecular Hbond substituents is 1. The van der Waals surface area contributed by atoms with Crippen LogP contribution in [0.1, 0.15) is 0 Å². The highest BCUT2D eigenvalue weighted by Crippen LogP contribution is 2.39. The van der Waals surface area contributed by atoms with Crippen molar-refractivity contribution in [3.8, 4) is 16.9 Å². The van der Waals surface area contributed by atoms with Gasteiger partial charge in [0.05, 0.1) is 15.1 Å². The second-order valence-electron chi connectivity index (χ2n) is 3.41. The first-order valence-electron chi connectivity index (χ1n) is 4.62. The highest BCUT2D eigenvalue weighted by molar-refractivity contribution is 6.42. The fourth-order valence-electron chi connectivity index (χ4n) is 1.48. The van der Waals surface area contributed by atoms with Crippen molar-refractivity contribution >= 4 is 46.4 Å². The van der Waals surface area contributed by atoms with Crippen molar-refractivity contribution in [3.05, 3.63) is 50.4 Å². The van der Waals surface area contributed by atoms with Gasteiger partial charge in [-0.3, -0.25) is 0 Å².